The van der Waals surface area contributed by atoms with Crippen LogP contribution in [0.1, 0.15) is 50.7 Å². The molecule has 0 bridgehead atoms. The van der Waals surface area contributed by atoms with Crippen LogP contribution in [-0.2, 0) is 19.8 Å². The van der Waals surface area contributed by atoms with Crippen molar-refractivity contribution in [3.8, 4) is 0 Å². The molecule has 44 heavy (non-hydrogen) atoms. The summed E-state index contributed by atoms with van der Waals surface area (Å²) in [7, 11) is 0. The van der Waals surface area contributed by atoms with Gasteiger partial charge in [-0.05, 0) is 47.6 Å². The normalized spacial score (nSPS) is 23.4. The highest BCUT2D eigenvalue weighted by atomic mass is 35.5. The first-order valence-electron chi connectivity index (χ1n) is 13.5. The number of fused-ring (bicyclic) bond motifs is 2. The van der Waals surface area contributed by atoms with E-state index in [0.717, 1.165) is 0 Å². The Bertz CT molecular complexity index is 1400. The van der Waals surface area contributed by atoms with Crippen molar-refractivity contribution in [1.82, 2.24) is 10.6 Å². The fourth-order valence-corrected chi connectivity index (χ4v) is 6.07. The number of hydrogen-bond donors (Lipinski definition) is 6. The molecule has 4 rings (SSSR count). The van der Waals surface area contributed by atoms with Crippen molar-refractivity contribution < 1.29 is 47.3 Å². The zero-order valence-electron chi connectivity index (χ0n) is 23.9. The third-order valence-corrected chi connectivity index (χ3v) is 7.98. The predicted molar refractivity (Wildman–Crippen MR) is 155 cm³/mol. The number of carbonyl (C=O) groups is 3. The molecular weight excluding hydrogens is 633 g/mol. The summed E-state index contributed by atoms with van der Waals surface area (Å²) in [6.45, 7) is 5.78. The Kier molecular flexibility index (Phi) is 11.0. The Hall–Kier alpha value is -2.97. The number of carboxylic acids is 1. The van der Waals surface area contributed by atoms with E-state index >= 15 is 4.39 Å². The minimum Gasteiger partial charge on any atom is -0.475 e. The molecule has 2 aromatic rings. The highest BCUT2D eigenvalue weighted by molar-refractivity contribution is 6.31. The molecule has 0 radical (unpaired) electrons. The molecule has 0 saturated carbocycles. The van der Waals surface area contributed by atoms with Gasteiger partial charge in [0.05, 0.1) is 23.8 Å². The number of alkyl halides is 3. The van der Waals surface area contributed by atoms with Crippen molar-refractivity contribution in [2.45, 2.75) is 69.3 Å². The lowest BCUT2D eigenvalue weighted by Crippen LogP contribution is -2.49. The van der Waals surface area contributed by atoms with Gasteiger partial charge in [0.1, 0.15) is 11.2 Å². The number of nitrogens with one attached hydrogen (secondary N) is 3. The molecule has 1 fully saturated rings. The van der Waals surface area contributed by atoms with E-state index in [1.165, 1.54) is 6.07 Å². The first-order valence-corrected chi connectivity index (χ1v) is 14.3. The number of anilines is 1. The van der Waals surface area contributed by atoms with E-state index < -0.39 is 60.0 Å². The van der Waals surface area contributed by atoms with Crippen LogP contribution >= 0.6 is 23.2 Å². The number of rotatable bonds is 7. The van der Waals surface area contributed by atoms with Crippen LogP contribution in [0, 0.1) is 11.2 Å². The number of halogens is 6. The molecule has 2 heterocycles. The second-order valence-electron chi connectivity index (χ2n) is 11.8. The Morgan fingerprint density at radius 1 is 1.14 bits per heavy atom. The second-order valence-corrected chi connectivity index (χ2v) is 12.7. The molecule has 6 N–H and O–H groups in total. The zero-order valence-corrected chi connectivity index (χ0v) is 25.4. The van der Waals surface area contributed by atoms with Gasteiger partial charge in [0.15, 0.2) is 0 Å². The highest BCUT2D eigenvalue weighted by Gasteiger charge is 2.66. The van der Waals surface area contributed by atoms with Crippen LogP contribution in [0.4, 0.5) is 23.2 Å². The number of hydrogen-bond acceptors (Lipinski definition) is 6. The van der Waals surface area contributed by atoms with Gasteiger partial charge in [0.25, 0.3) is 0 Å². The van der Waals surface area contributed by atoms with Crippen molar-refractivity contribution in [2.75, 3.05) is 18.5 Å². The van der Waals surface area contributed by atoms with Crippen LogP contribution in [0.3, 0.4) is 0 Å². The van der Waals surface area contributed by atoms with Gasteiger partial charge >= 0.3 is 12.1 Å². The van der Waals surface area contributed by atoms with Crippen molar-refractivity contribution in [2.24, 2.45) is 5.41 Å². The summed E-state index contributed by atoms with van der Waals surface area (Å²) in [4.78, 5) is 36.5. The lowest BCUT2D eigenvalue weighted by Gasteiger charge is -2.37. The van der Waals surface area contributed by atoms with Gasteiger partial charge in [-0.15, -0.1) is 0 Å². The maximum Gasteiger partial charge on any atom is 0.490 e. The SMILES string of the molecule is CC(C)(C)C[C@@H]1N[C@@H](C(=O)NCC[C@H](O)CO)[C@H](c2cccc(Cl)c2F)[C@]12C(=O)Nc1cc(Cl)ccc12.O=C(O)C(F)(F)F. The van der Waals surface area contributed by atoms with E-state index in [1.54, 1.807) is 30.3 Å². The van der Waals surface area contributed by atoms with Crippen LogP contribution < -0.4 is 16.0 Å². The topological polar surface area (TPSA) is 148 Å². The number of amides is 2. The van der Waals surface area contributed by atoms with Crippen molar-refractivity contribution in [3.05, 3.63) is 63.4 Å². The van der Waals surface area contributed by atoms with Crippen LogP contribution in [0.2, 0.25) is 10.0 Å². The van der Waals surface area contributed by atoms with Gasteiger partial charge in [-0.1, -0.05) is 62.2 Å². The molecule has 2 amide bonds. The average molecular weight is 666 g/mol. The summed E-state index contributed by atoms with van der Waals surface area (Å²) in [5, 5.41) is 35.4. The Balaban J connectivity index is 0.000000676. The van der Waals surface area contributed by atoms with E-state index in [4.69, 9.17) is 38.2 Å². The minimum atomic E-state index is -5.08. The summed E-state index contributed by atoms with van der Waals surface area (Å²) >= 11 is 12.4. The third kappa shape index (κ3) is 7.45. The maximum atomic E-state index is 15.7. The van der Waals surface area contributed by atoms with Gasteiger partial charge in [-0.25, -0.2) is 9.18 Å². The van der Waals surface area contributed by atoms with E-state index in [0.29, 0.717) is 22.7 Å². The van der Waals surface area contributed by atoms with Crippen LogP contribution in [-0.4, -0.2) is 70.6 Å². The first kappa shape index (κ1) is 35.5. The lowest BCUT2D eigenvalue weighted by atomic mass is 9.62. The van der Waals surface area contributed by atoms with Gasteiger partial charge in [0.2, 0.25) is 11.8 Å². The van der Waals surface area contributed by atoms with Gasteiger partial charge in [0, 0.05) is 29.2 Å². The zero-order chi connectivity index (χ0) is 33.2. The number of carbonyl (C=O) groups excluding carboxylic acids is 2. The summed E-state index contributed by atoms with van der Waals surface area (Å²) in [5.74, 6) is -5.17. The number of aliphatic hydroxyl groups excluding tert-OH is 2. The predicted octanol–water partition coefficient (Wildman–Crippen LogP) is 4.38. The Morgan fingerprint density at radius 3 is 2.34 bits per heavy atom. The van der Waals surface area contributed by atoms with Crippen molar-refractivity contribution in [1.29, 1.82) is 0 Å². The van der Waals surface area contributed by atoms with Crippen LogP contribution in [0.25, 0.3) is 0 Å². The molecule has 2 aromatic carbocycles. The Morgan fingerprint density at radius 2 is 1.77 bits per heavy atom. The molecule has 2 aliphatic rings. The van der Waals surface area contributed by atoms with Crippen LogP contribution in [0.15, 0.2) is 36.4 Å². The average Bonchev–Trinajstić information content (AvgIpc) is 3.38. The van der Waals surface area contributed by atoms with E-state index in [9.17, 15) is 27.9 Å². The minimum absolute atomic E-state index is 0.0960. The Labute approximate surface area is 260 Å². The molecule has 0 unspecified atom stereocenters. The van der Waals surface area contributed by atoms with Gasteiger partial charge < -0.3 is 31.3 Å². The van der Waals surface area contributed by atoms with Crippen LogP contribution in [0.5, 0.6) is 0 Å². The molecule has 2 aliphatic heterocycles. The summed E-state index contributed by atoms with van der Waals surface area (Å²) in [6, 6.07) is 8.18. The van der Waals surface area contributed by atoms with E-state index in [1.807, 2.05) is 20.8 Å². The molecule has 0 aliphatic carbocycles. The fourth-order valence-electron chi connectivity index (χ4n) is 5.72. The van der Waals surface area contributed by atoms with Gasteiger partial charge in [-0.3, -0.25) is 9.59 Å². The standard InChI is InChI=1S/C27H32Cl2FN3O4.C2HF3O2/c1-26(2,3)12-20-27(17-8-7-14(28)11-19(17)32-25(27)37)21(16-5-4-6-18(29)22(16)30)23(33-20)24(36)31-10-9-15(35)13-34;3-2(4,5)1(6)7/h4-8,11,15,20-21,23,33-35H,9-10,12-13H2,1-3H3,(H,31,36)(H,32,37);(H,6,7)/t15-,20-,21-,23+,27+;/m0./s1. The second kappa shape index (κ2) is 13.6. The monoisotopic (exact) mass is 665 g/mol. The number of benzene rings is 2. The molecule has 1 spiro atoms. The summed E-state index contributed by atoms with van der Waals surface area (Å²) in [6.07, 6.45) is -5.41. The molecule has 15 heteroatoms. The van der Waals surface area contributed by atoms with Crippen molar-refractivity contribution in [3.63, 3.8) is 0 Å². The molecule has 1 saturated heterocycles. The van der Waals surface area contributed by atoms with Gasteiger partial charge in [-0.2, -0.15) is 13.2 Å². The lowest BCUT2D eigenvalue weighted by molar-refractivity contribution is -0.192. The maximum absolute atomic E-state index is 15.7. The molecule has 5 atom stereocenters. The molecular formula is C29H33Cl2F4N3O6. The fraction of sp³-hybridized carbons (Fsp3) is 0.483. The summed E-state index contributed by atoms with van der Waals surface area (Å²) < 4.78 is 47.4. The number of carboxylic acid groups (broad SMARTS) is 1. The molecule has 0 aromatic heterocycles. The first-order chi connectivity index (χ1) is 20.3. The smallest absolute Gasteiger partial charge is 0.475 e. The van der Waals surface area contributed by atoms with Crippen molar-refractivity contribution >= 4 is 46.7 Å². The third-order valence-electron chi connectivity index (χ3n) is 7.45. The largest absolute Gasteiger partial charge is 0.490 e. The number of aliphatic hydroxyl groups is 2. The molecule has 9 nitrogen and oxygen atoms in total. The molecule has 242 valence electrons. The quantitative estimate of drug-likeness (QED) is 0.241. The number of aliphatic carboxylic acids is 1. The summed E-state index contributed by atoms with van der Waals surface area (Å²) in [5.41, 5.74) is -0.249. The van der Waals surface area contributed by atoms with E-state index in [-0.39, 0.29) is 34.9 Å². The van der Waals surface area contributed by atoms with E-state index in [2.05, 4.69) is 16.0 Å². The highest BCUT2D eigenvalue weighted by Crippen LogP contribution is 2.57.